The van der Waals surface area contributed by atoms with Crippen LogP contribution in [0.4, 0.5) is 4.39 Å². The zero-order valence-corrected chi connectivity index (χ0v) is 14.7. The number of nitrogens with zero attached hydrogens (tertiary/aromatic N) is 1. The Morgan fingerprint density at radius 1 is 1.15 bits per heavy atom. The number of benzene rings is 2. The van der Waals surface area contributed by atoms with Crippen LogP contribution in [0, 0.1) is 17.1 Å². The molecule has 0 saturated carbocycles. The lowest BCUT2D eigenvalue weighted by Crippen LogP contribution is -2.09. The van der Waals surface area contributed by atoms with E-state index in [-0.39, 0.29) is 29.2 Å². The van der Waals surface area contributed by atoms with Crippen molar-refractivity contribution in [2.75, 3.05) is 13.7 Å². The smallest absolute Gasteiger partial charge is 0.348 e. The fourth-order valence-corrected chi connectivity index (χ4v) is 2.12. The van der Waals surface area contributed by atoms with Crippen LogP contribution in [0.5, 0.6) is 11.5 Å². The number of nitriles is 1. The summed E-state index contributed by atoms with van der Waals surface area (Å²) in [4.78, 5) is 23.8. The summed E-state index contributed by atoms with van der Waals surface area (Å²) in [6.45, 7) is 1.79. The van der Waals surface area contributed by atoms with E-state index < -0.39 is 17.8 Å². The van der Waals surface area contributed by atoms with Gasteiger partial charge in [0, 0.05) is 0 Å². The van der Waals surface area contributed by atoms with Gasteiger partial charge in [0.1, 0.15) is 17.5 Å². The van der Waals surface area contributed by atoms with Gasteiger partial charge in [0.05, 0.1) is 19.3 Å². The van der Waals surface area contributed by atoms with E-state index in [9.17, 15) is 14.0 Å². The molecular formula is C20H16FNO5. The molecule has 0 aliphatic heterocycles. The molecule has 0 fully saturated rings. The molecule has 6 nitrogen and oxygen atoms in total. The Labute approximate surface area is 155 Å². The number of esters is 2. The maximum atomic E-state index is 12.9. The molecule has 0 unspecified atom stereocenters. The lowest BCUT2D eigenvalue weighted by atomic mass is 10.1. The number of carbonyl (C=O) groups excluding carboxylic acids is 2. The lowest BCUT2D eigenvalue weighted by Gasteiger charge is -2.10. The first kappa shape index (κ1) is 19.7. The number of carbonyl (C=O) groups is 2. The van der Waals surface area contributed by atoms with Gasteiger partial charge in [-0.2, -0.15) is 5.26 Å². The average molecular weight is 369 g/mol. The zero-order chi connectivity index (χ0) is 19.8. The van der Waals surface area contributed by atoms with Gasteiger partial charge in [0.2, 0.25) is 0 Å². The second-order valence-corrected chi connectivity index (χ2v) is 5.20. The Kier molecular flexibility index (Phi) is 6.67. The van der Waals surface area contributed by atoms with Crippen molar-refractivity contribution in [3.8, 4) is 17.6 Å². The van der Waals surface area contributed by atoms with E-state index in [0.717, 1.165) is 12.1 Å². The van der Waals surface area contributed by atoms with Crippen LogP contribution in [0.15, 0.2) is 48.0 Å². The van der Waals surface area contributed by atoms with Crippen LogP contribution >= 0.6 is 0 Å². The lowest BCUT2D eigenvalue weighted by molar-refractivity contribution is -0.137. The molecule has 0 aliphatic rings. The highest BCUT2D eigenvalue weighted by Crippen LogP contribution is 2.29. The van der Waals surface area contributed by atoms with Crippen molar-refractivity contribution in [3.63, 3.8) is 0 Å². The normalized spacial score (nSPS) is 10.7. The summed E-state index contributed by atoms with van der Waals surface area (Å²) in [5.74, 6) is -1.51. The first-order valence-corrected chi connectivity index (χ1v) is 7.93. The highest BCUT2D eigenvalue weighted by atomic mass is 19.1. The molecule has 2 aromatic carbocycles. The van der Waals surface area contributed by atoms with Crippen molar-refractivity contribution in [1.82, 2.24) is 0 Å². The minimum Gasteiger partial charge on any atom is -0.493 e. The molecule has 0 bridgehead atoms. The molecule has 2 aromatic rings. The average Bonchev–Trinajstić information content (AvgIpc) is 2.67. The molecule has 7 heteroatoms. The third-order valence-corrected chi connectivity index (χ3v) is 3.40. The highest BCUT2D eigenvalue weighted by Gasteiger charge is 2.14. The fourth-order valence-electron chi connectivity index (χ4n) is 2.12. The van der Waals surface area contributed by atoms with Crippen molar-refractivity contribution in [2.45, 2.75) is 6.92 Å². The standard InChI is InChI=1S/C20H16FNO5/c1-3-26-19(23)15(12-22)10-13-4-9-17(18(11-13)25-2)27-20(24)14-5-7-16(21)8-6-14/h4-11H,3H2,1-2H3. The second kappa shape index (κ2) is 9.15. The first-order chi connectivity index (χ1) is 13.0. The van der Waals surface area contributed by atoms with Crippen molar-refractivity contribution < 1.29 is 28.2 Å². The molecule has 0 N–H and O–H groups in total. The zero-order valence-electron chi connectivity index (χ0n) is 14.7. The van der Waals surface area contributed by atoms with E-state index in [2.05, 4.69) is 0 Å². The molecule has 27 heavy (non-hydrogen) atoms. The first-order valence-electron chi connectivity index (χ1n) is 7.93. The van der Waals surface area contributed by atoms with E-state index in [1.54, 1.807) is 19.1 Å². The van der Waals surface area contributed by atoms with Gasteiger partial charge in [-0.05, 0) is 55.0 Å². The Morgan fingerprint density at radius 3 is 2.44 bits per heavy atom. The molecule has 0 aromatic heterocycles. The number of methoxy groups -OCH3 is 1. The minimum absolute atomic E-state index is 0.138. The van der Waals surface area contributed by atoms with Crippen LogP contribution in [0.25, 0.3) is 6.08 Å². The number of hydrogen-bond donors (Lipinski definition) is 0. The maximum Gasteiger partial charge on any atom is 0.348 e. The minimum atomic E-state index is -0.731. The summed E-state index contributed by atoms with van der Waals surface area (Å²) in [5, 5.41) is 9.08. The Hall–Kier alpha value is -3.66. The van der Waals surface area contributed by atoms with E-state index in [0.29, 0.717) is 5.56 Å². The van der Waals surface area contributed by atoms with E-state index >= 15 is 0 Å². The van der Waals surface area contributed by atoms with Gasteiger partial charge in [-0.25, -0.2) is 14.0 Å². The molecule has 0 aliphatic carbocycles. The summed E-state index contributed by atoms with van der Waals surface area (Å²) in [6.07, 6.45) is 1.34. The van der Waals surface area contributed by atoms with Gasteiger partial charge in [-0.15, -0.1) is 0 Å². The monoisotopic (exact) mass is 369 g/mol. The topological polar surface area (TPSA) is 85.6 Å². The van der Waals surface area contributed by atoms with Crippen LogP contribution in [0.1, 0.15) is 22.8 Å². The third-order valence-electron chi connectivity index (χ3n) is 3.40. The molecule has 0 amide bonds. The number of ether oxygens (including phenoxy) is 3. The van der Waals surface area contributed by atoms with Crippen molar-refractivity contribution in [1.29, 1.82) is 5.26 Å². The summed E-state index contributed by atoms with van der Waals surface area (Å²) in [5.41, 5.74) is 0.490. The molecule has 138 valence electrons. The Morgan fingerprint density at radius 2 is 1.85 bits per heavy atom. The molecule has 0 spiro atoms. The number of rotatable bonds is 6. The van der Waals surface area contributed by atoms with Crippen LogP contribution < -0.4 is 9.47 Å². The third kappa shape index (κ3) is 5.16. The quantitative estimate of drug-likeness (QED) is 0.335. The largest absolute Gasteiger partial charge is 0.493 e. The summed E-state index contributed by atoms with van der Waals surface area (Å²) >= 11 is 0. The van der Waals surface area contributed by atoms with Crippen LogP contribution in [0.2, 0.25) is 0 Å². The maximum absolute atomic E-state index is 12.9. The Bertz CT molecular complexity index is 913. The molecule has 0 heterocycles. The van der Waals surface area contributed by atoms with Gasteiger partial charge in [0.25, 0.3) is 0 Å². The molecule has 0 atom stereocenters. The van der Waals surface area contributed by atoms with Gasteiger partial charge < -0.3 is 14.2 Å². The number of hydrogen-bond acceptors (Lipinski definition) is 6. The van der Waals surface area contributed by atoms with Crippen LogP contribution in [0.3, 0.4) is 0 Å². The summed E-state index contributed by atoms with van der Waals surface area (Å²) < 4.78 is 28.2. The van der Waals surface area contributed by atoms with Crippen molar-refractivity contribution >= 4 is 18.0 Å². The molecular weight excluding hydrogens is 353 g/mol. The predicted octanol–water partition coefficient (Wildman–Crippen LogP) is 3.52. The summed E-state index contributed by atoms with van der Waals surface area (Å²) in [7, 11) is 1.38. The van der Waals surface area contributed by atoms with Crippen molar-refractivity contribution in [2.24, 2.45) is 0 Å². The fraction of sp³-hybridized carbons (Fsp3) is 0.150. The molecule has 0 saturated heterocycles. The van der Waals surface area contributed by atoms with Gasteiger partial charge in [-0.1, -0.05) is 6.07 Å². The van der Waals surface area contributed by atoms with Gasteiger partial charge in [-0.3, -0.25) is 0 Å². The SMILES string of the molecule is CCOC(=O)C(C#N)=Cc1ccc(OC(=O)c2ccc(F)cc2)c(OC)c1. The van der Waals surface area contributed by atoms with E-state index in [4.69, 9.17) is 19.5 Å². The van der Waals surface area contributed by atoms with Crippen LogP contribution in [-0.4, -0.2) is 25.7 Å². The molecule has 0 radical (unpaired) electrons. The second-order valence-electron chi connectivity index (χ2n) is 5.20. The van der Waals surface area contributed by atoms with E-state index in [1.165, 1.54) is 37.5 Å². The number of halogens is 1. The highest BCUT2D eigenvalue weighted by molar-refractivity contribution is 5.98. The van der Waals surface area contributed by atoms with Gasteiger partial charge >= 0.3 is 11.9 Å². The van der Waals surface area contributed by atoms with Gasteiger partial charge in [0.15, 0.2) is 11.5 Å². The Balaban J connectivity index is 2.25. The van der Waals surface area contributed by atoms with Crippen molar-refractivity contribution in [3.05, 3.63) is 65.0 Å². The predicted molar refractivity (Wildman–Crippen MR) is 94.6 cm³/mol. The summed E-state index contributed by atoms with van der Waals surface area (Å²) in [6, 6.07) is 11.2. The molecule has 2 rings (SSSR count). The van der Waals surface area contributed by atoms with E-state index in [1.807, 2.05) is 0 Å². The van der Waals surface area contributed by atoms with Crippen LogP contribution in [-0.2, 0) is 9.53 Å².